The van der Waals surface area contributed by atoms with Crippen LogP contribution in [0.2, 0.25) is 0 Å². The van der Waals surface area contributed by atoms with Crippen LogP contribution in [0.15, 0.2) is 12.3 Å². The van der Waals surface area contributed by atoms with Gasteiger partial charge in [0.05, 0.1) is 5.60 Å². The molecule has 1 aliphatic rings. The van der Waals surface area contributed by atoms with Gasteiger partial charge >= 0.3 is 0 Å². The molecule has 0 aromatic carbocycles. The normalized spacial score (nSPS) is 18.8. The van der Waals surface area contributed by atoms with E-state index in [1.54, 1.807) is 12.3 Å². The first-order valence-electron chi connectivity index (χ1n) is 6.85. The third-order valence-electron chi connectivity index (χ3n) is 3.62. The van der Waals surface area contributed by atoms with E-state index in [2.05, 4.69) is 10.4 Å². The molecule has 1 aromatic rings. The quantitative estimate of drug-likeness (QED) is 0.698. The van der Waals surface area contributed by atoms with Crippen molar-refractivity contribution in [3.63, 3.8) is 0 Å². The minimum atomic E-state index is -0.741. The third-order valence-corrected chi connectivity index (χ3v) is 3.62. The average Bonchev–Trinajstić information content (AvgIpc) is 2.64. The van der Waals surface area contributed by atoms with Gasteiger partial charge in [0.1, 0.15) is 12.4 Å². The van der Waals surface area contributed by atoms with E-state index < -0.39 is 5.60 Å². The van der Waals surface area contributed by atoms with Crippen molar-refractivity contribution in [2.45, 2.75) is 50.7 Å². The van der Waals surface area contributed by atoms with E-state index >= 15 is 0 Å². The monoisotopic (exact) mass is 266 g/mol. The second-order valence-electron chi connectivity index (χ2n) is 5.35. The van der Waals surface area contributed by atoms with Crippen LogP contribution in [0.1, 0.15) is 38.5 Å². The van der Waals surface area contributed by atoms with Gasteiger partial charge in [0.15, 0.2) is 0 Å². The van der Waals surface area contributed by atoms with E-state index in [9.17, 15) is 9.90 Å². The van der Waals surface area contributed by atoms with Gasteiger partial charge in [-0.15, -0.1) is 0 Å². The summed E-state index contributed by atoms with van der Waals surface area (Å²) < 4.78 is 1.49. The maximum atomic E-state index is 11.8. The molecule has 2 rings (SSSR count). The number of aliphatic hydroxyl groups is 1. The molecule has 6 heteroatoms. The van der Waals surface area contributed by atoms with Gasteiger partial charge in [0.25, 0.3) is 0 Å². The van der Waals surface area contributed by atoms with Crippen LogP contribution in [0.5, 0.6) is 0 Å². The first-order chi connectivity index (χ1) is 9.07. The summed E-state index contributed by atoms with van der Waals surface area (Å²) in [6, 6.07) is 1.64. The van der Waals surface area contributed by atoms with Gasteiger partial charge in [0, 0.05) is 12.7 Å². The van der Waals surface area contributed by atoms with Gasteiger partial charge in [-0.05, 0) is 18.9 Å². The van der Waals surface area contributed by atoms with E-state index in [1.165, 1.54) is 17.5 Å². The van der Waals surface area contributed by atoms with E-state index in [1.807, 2.05) is 0 Å². The Kier molecular flexibility index (Phi) is 4.42. The number of rotatable bonds is 4. The molecule has 1 saturated carbocycles. The first kappa shape index (κ1) is 13.9. The molecule has 0 saturated heterocycles. The smallest absolute Gasteiger partial charge is 0.241 e. The van der Waals surface area contributed by atoms with Crippen molar-refractivity contribution in [1.29, 1.82) is 0 Å². The second-order valence-corrected chi connectivity index (χ2v) is 5.35. The third kappa shape index (κ3) is 4.24. The van der Waals surface area contributed by atoms with E-state index in [4.69, 9.17) is 5.73 Å². The van der Waals surface area contributed by atoms with Crippen molar-refractivity contribution in [2.75, 3.05) is 12.3 Å². The SMILES string of the molecule is Nc1ccn(CC(=O)NCC2(O)CCCCCC2)n1. The van der Waals surface area contributed by atoms with Crippen LogP contribution in [0, 0.1) is 0 Å². The lowest BCUT2D eigenvalue weighted by Gasteiger charge is -2.26. The van der Waals surface area contributed by atoms with Crippen molar-refractivity contribution in [3.05, 3.63) is 12.3 Å². The predicted octanol–water partition coefficient (Wildman–Crippen LogP) is 0.667. The lowest BCUT2D eigenvalue weighted by atomic mass is 9.94. The molecule has 0 atom stereocenters. The molecule has 0 spiro atoms. The Morgan fingerprint density at radius 1 is 1.42 bits per heavy atom. The Bertz CT molecular complexity index is 422. The Hall–Kier alpha value is -1.56. The van der Waals surface area contributed by atoms with Crippen molar-refractivity contribution in [1.82, 2.24) is 15.1 Å². The van der Waals surface area contributed by atoms with Crippen LogP contribution in [-0.2, 0) is 11.3 Å². The predicted molar refractivity (Wildman–Crippen MR) is 72.3 cm³/mol. The lowest BCUT2D eigenvalue weighted by molar-refractivity contribution is -0.123. The fraction of sp³-hybridized carbons (Fsp3) is 0.692. The molecule has 19 heavy (non-hydrogen) atoms. The number of aromatic nitrogens is 2. The Morgan fingerprint density at radius 3 is 2.68 bits per heavy atom. The van der Waals surface area contributed by atoms with Crippen molar-refractivity contribution in [2.24, 2.45) is 0 Å². The minimum Gasteiger partial charge on any atom is -0.388 e. The molecule has 1 aromatic heterocycles. The van der Waals surface area contributed by atoms with Gasteiger partial charge in [-0.2, -0.15) is 5.10 Å². The molecule has 106 valence electrons. The summed E-state index contributed by atoms with van der Waals surface area (Å²) in [5, 5.41) is 17.1. The molecule has 0 aliphatic heterocycles. The van der Waals surface area contributed by atoms with E-state index in [-0.39, 0.29) is 12.5 Å². The number of nitrogens with one attached hydrogen (secondary N) is 1. The molecular weight excluding hydrogens is 244 g/mol. The van der Waals surface area contributed by atoms with Gasteiger partial charge in [0.2, 0.25) is 5.91 Å². The molecular formula is C13H22N4O2. The van der Waals surface area contributed by atoms with Gasteiger partial charge in [-0.3, -0.25) is 9.48 Å². The summed E-state index contributed by atoms with van der Waals surface area (Å²) in [4.78, 5) is 11.8. The zero-order chi connectivity index (χ0) is 13.7. The number of hydrogen-bond donors (Lipinski definition) is 3. The van der Waals surface area contributed by atoms with Crippen molar-refractivity contribution >= 4 is 11.7 Å². The van der Waals surface area contributed by atoms with Gasteiger partial charge < -0.3 is 16.2 Å². The van der Waals surface area contributed by atoms with Crippen LogP contribution in [0.4, 0.5) is 5.82 Å². The number of amides is 1. The summed E-state index contributed by atoms with van der Waals surface area (Å²) in [5.74, 6) is 0.246. The van der Waals surface area contributed by atoms with Crippen LogP contribution >= 0.6 is 0 Å². The highest BCUT2D eigenvalue weighted by Gasteiger charge is 2.28. The van der Waals surface area contributed by atoms with Crippen molar-refractivity contribution < 1.29 is 9.90 Å². The van der Waals surface area contributed by atoms with Crippen molar-refractivity contribution in [3.8, 4) is 0 Å². The molecule has 4 N–H and O–H groups in total. The zero-order valence-corrected chi connectivity index (χ0v) is 11.1. The van der Waals surface area contributed by atoms with Crippen LogP contribution in [0.3, 0.4) is 0 Å². The molecule has 6 nitrogen and oxygen atoms in total. The minimum absolute atomic E-state index is 0.132. The summed E-state index contributed by atoms with van der Waals surface area (Å²) in [6.45, 7) is 0.454. The molecule has 0 bridgehead atoms. The average molecular weight is 266 g/mol. The summed E-state index contributed by atoms with van der Waals surface area (Å²) in [7, 11) is 0. The number of anilines is 1. The summed E-state index contributed by atoms with van der Waals surface area (Å²) in [6.07, 6.45) is 7.59. The highest BCUT2D eigenvalue weighted by atomic mass is 16.3. The molecule has 1 aliphatic carbocycles. The van der Waals surface area contributed by atoms with Crippen LogP contribution in [-0.4, -0.2) is 32.9 Å². The topological polar surface area (TPSA) is 93.2 Å². The number of carbonyl (C=O) groups is 1. The fourth-order valence-electron chi connectivity index (χ4n) is 2.50. The Labute approximate surface area is 113 Å². The Morgan fingerprint density at radius 2 is 2.11 bits per heavy atom. The second kappa shape index (κ2) is 6.06. The maximum Gasteiger partial charge on any atom is 0.241 e. The Balaban J connectivity index is 1.79. The highest BCUT2D eigenvalue weighted by Crippen LogP contribution is 2.26. The number of carbonyl (C=O) groups excluding carboxylic acids is 1. The lowest BCUT2D eigenvalue weighted by Crippen LogP contribution is -2.43. The first-order valence-corrected chi connectivity index (χ1v) is 6.85. The summed E-state index contributed by atoms with van der Waals surface area (Å²) in [5.41, 5.74) is 4.74. The van der Waals surface area contributed by atoms with E-state index in [0.717, 1.165) is 25.7 Å². The van der Waals surface area contributed by atoms with Crippen LogP contribution in [0.25, 0.3) is 0 Å². The maximum absolute atomic E-state index is 11.8. The number of nitrogen functional groups attached to an aromatic ring is 1. The van der Waals surface area contributed by atoms with Gasteiger partial charge in [-0.25, -0.2) is 0 Å². The van der Waals surface area contributed by atoms with Crippen LogP contribution < -0.4 is 11.1 Å². The molecule has 1 amide bonds. The molecule has 0 radical (unpaired) electrons. The molecule has 1 heterocycles. The van der Waals surface area contributed by atoms with Gasteiger partial charge in [-0.1, -0.05) is 25.7 Å². The number of hydrogen-bond acceptors (Lipinski definition) is 4. The highest BCUT2D eigenvalue weighted by molar-refractivity contribution is 5.75. The van der Waals surface area contributed by atoms with E-state index in [0.29, 0.717) is 12.4 Å². The zero-order valence-electron chi connectivity index (χ0n) is 11.1. The number of nitrogens with two attached hydrogens (primary N) is 1. The standard InChI is InChI=1S/C13H22N4O2/c14-11-5-8-17(16-11)9-12(18)15-10-13(19)6-3-1-2-4-7-13/h5,8,19H,1-4,6-7,9-10H2,(H2,14,16)(H,15,18). The molecule has 0 unspecified atom stereocenters. The molecule has 1 fully saturated rings. The number of nitrogens with zero attached hydrogens (tertiary/aromatic N) is 2. The largest absolute Gasteiger partial charge is 0.388 e. The fourth-order valence-corrected chi connectivity index (χ4v) is 2.50. The summed E-state index contributed by atoms with van der Waals surface area (Å²) >= 11 is 0.